The first-order valence-corrected chi connectivity index (χ1v) is 7.14. The molecule has 10 nitrogen and oxygen atoms in total. The lowest BCUT2D eigenvalue weighted by Gasteiger charge is -2.16. The number of hydrogen-bond donors (Lipinski definition) is 4. The molecule has 0 aliphatic carbocycles. The minimum atomic E-state index is -4.66. The number of phosphoric ester groups is 1. The number of aliphatic hydroxyl groups is 1. The summed E-state index contributed by atoms with van der Waals surface area (Å²) in [7, 11) is -4.66. The van der Waals surface area contributed by atoms with E-state index in [9.17, 15) is 19.3 Å². The zero-order chi connectivity index (χ0) is 14.9. The first-order chi connectivity index (χ1) is 9.26. The summed E-state index contributed by atoms with van der Waals surface area (Å²) in [6.07, 6.45) is -1.64. The molecule has 1 fully saturated rings. The largest absolute Gasteiger partial charge is 0.469 e. The lowest BCUT2D eigenvalue weighted by molar-refractivity contribution is -0.0450. The van der Waals surface area contributed by atoms with Crippen molar-refractivity contribution in [3.05, 3.63) is 33.1 Å². The number of nitrogens with zero attached hydrogens (tertiary/aromatic N) is 1. The Morgan fingerprint density at radius 2 is 2.20 bits per heavy atom. The molecule has 1 aromatic rings. The average Bonchev–Trinajstić information content (AvgIpc) is 2.67. The van der Waals surface area contributed by atoms with E-state index in [0.717, 1.165) is 10.6 Å². The summed E-state index contributed by atoms with van der Waals surface area (Å²) >= 11 is 0. The molecule has 1 aromatic heterocycles. The number of aliphatic hydroxyl groups excluding tert-OH is 1. The summed E-state index contributed by atoms with van der Waals surface area (Å²) < 4.78 is 21.2. The lowest BCUT2D eigenvalue weighted by atomic mass is 10.2. The Kier molecular flexibility index (Phi) is 4.23. The van der Waals surface area contributed by atoms with Crippen LogP contribution in [0.15, 0.2) is 21.9 Å². The number of hydrogen-bond acceptors (Lipinski definition) is 6. The number of nitrogens with one attached hydrogen (secondary N) is 1. The molecule has 0 saturated carbocycles. The summed E-state index contributed by atoms with van der Waals surface area (Å²) in [6.45, 7) is -0.514. The van der Waals surface area contributed by atoms with E-state index < -0.39 is 44.1 Å². The van der Waals surface area contributed by atoms with Crippen molar-refractivity contribution < 1.29 is 28.7 Å². The molecular weight excluding hydrogens is 295 g/mol. The Morgan fingerprint density at radius 3 is 2.80 bits per heavy atom. The van der Waals surface area contributed by atoms with Gasteiger partial charge in [-0.15, -0.1) is 0 Å². The van der Waals surface area contributed by atoms with E-state index >= 15 is 0 Å². The monoisotopic (exact) mass is 308 g/mol. The molecular formula is C9H13N2O8P. The Morgan fingerprint density at radius 1 is 1.50 bits per heavy atom. The van der Waals surface area contributed by atoms with Gasteiger partial charge in [0, 0.05) is 18.7 Å². The molecule has 20 heavy (non-hydrogen) atoms. The highest BCUT2D eigenvalue weighted by molar-refractivity contribution is 7.46. The highest BCUT2D eigenvalue weighted by Gasteiger charge is 2.36. The fraction of sp³-hybridized carbons (Fsp3) is 0.556. The van der Waals surface area contributed by atoms with E-state index in [1.54, 1.807) is 0 Å². The Hall–Kier alpha value is -1.29. The van der Waals surface area contributed by atoms with Crippen LogP contribution in [0, 0.1) is 0 Å². The van der Waals surface area contributed by atoms with Crippen molar-refractivity contribution in [2.75, 3.05) is 6.61 Å². The zero-order valence-corrected chi connectivity index (χ0v) is 11.0. The van der Waals surface area contributed by atoms with E-state index in [1.807, 2.05) is 4.98 Å². The third-order valence-electron chi connectivity index (χ3n) is 2.77. The van der Waals surface area contributed by atoms with Crippen molar-refractivity contribution in [2.24, 2.45) is 0 Å². The summed E-state index contributed by atoms with van der Waals surface area (Å²) in [4.78, 5) is 41.7. The maximum Gasteiger partial charge on any atom is 0.469 e. The van der Waals surface area contributed by atoms with E-state index in [0.29, 0.717) is 0 Å². The predicted octanol–water partition coefficient (Wildman–Crippen LogP) is -1.71. The van der Waals surface area contributed by atoms with Gasteiger partial charge in [0.2, 0.25) is 0 Å². The molecule has 1 aliphatic heterocycles. The van der Waals surface area contributed by atoms with Crippen LogP contribution in [0.1, 0.15) is 12.6 Å². The molecule has 0 aromatic carbocycles. The molecule has 0 amide bonds. The van der Waals surface area contributed by atoms with E-state index in [-0.39, 0.29) is 6.42 Å². The first-order valence-electron chi connectivity index (χ1n) is 5.61. The number of aromatic amines is 1. The van der Waals surface area contributed by atoms with Gasteiger partial charge in [-0.25, -0.2) is 9.36 Å². The topological polar surface area (TPSA) is 151 Å². The fourth-order valence-corrected chi connectivity index (χ4v) is 2.20. The van der Waals surface area contributed by atoms with Crippen molar-refractivity contribution in [1.29, 1.82) is 0 Å². The lowest BCUT2D eigenvalue weighted by Crippen LogP contribution is -2.31. The molecule has 0 spiro atoms. The second-order valence-electron chi connectivity index (χ2n) is 4.24. The SMILES string of the molecule is O=c1ccn([C@H]2CC(O)[C@@H](COP(=O)(O)O)O2)c(=O)[nH]1. The molecule has 11 heteroatoms. The maximum absolute atomic E-state index is 11.5. The second kappa shape index (κ2) is 5.60. The molecule has 0 radical (unpaired) electrons. The molecule has 112 valence electrons. The van der Waals surface area contributed by atoms with Gasteiger partial charge in [0.25, 0.3) is 5.56 Å². The van der Waals surface area contributed by atoms with Gasteiger partial charge in [-0.05, 0) is 0 Å². The maximum atomic E-state index is 11.5. The molecule has 0 bridgehead atoms. The number of ether oxygens (including phenoxy) is 1. The number of phosphoric acid groups is 1. The Bertz CT molecular complexity index is 633. The Labute approximate surface area is 111 Å². The summed E-state index contributed by atoms with van der Waals surface area (Å²) in [6, 6.07) is 1.12. The van der Waals surface area contributed by atoms with Gasteiger partial charge in [0.15, 0.2) is 0 Å². The molecule has 4 N–H and O–H groups in total. The smallest absolute Gasteiger partial charge is 0.390 e. The van der Waals surface area contributed by atoms with Crippen molar-refractivity contribution in [3.8, 4) is 0 Å². The minimum Gasteiger partial charge on any atom is -0.390 e. The van der Waals surface area contributed by atoms with Gasteiger partial charge >= 0.3 is 13.5 Å². The summed E-state index contributed by atoms with van der Waals surface area (Å²) in [5.41, 5.74) is -1.27. The van der Waals surface area contributed by atoms with Crippen LogP contribution in [0.4, 0.5) is 0 Å². The van der Waals surface area contributed by atoms with Gasteiger partial charge < -0.3 is 19.6 Å². The summed E-state index contributed by atoms with van der Waals surface area (Å²) in [5, 5.41) is 9.72. The normalized spacial score (nSPS) is 26.9. The number of rotatable bonds is 4. The van der Waals surface area contributed by atoms with E-state index in [1.165, 1.54) is 6.20 Å². The van der Waals surface area contributed by atoms with Gasteiger partial charge in [-0.2, -0.15) is 0 Å². The number of H-pyrrole nitrogens is 1. The van der Waals surface area contributed by atoms with Crippen LogP contribution in [0.3, 0.4) is 0 Å². The Balaban J connectivity index is 2.08. The van der Waals surface area contributed by atoms with Crippen LogP contribution < -0.4 is 11.2 Å². The van der Waals surface area contributed by atoms with Gasteiger partial charge in [0.1, 0.15) is 12.3 Å². The minimum absolute atomic E-state index is 0.0289. The quantitative estimate of drug-likeness (QED) is 0.480. The number of aromatic nitrogens is 2. The van der Waals surface area contributed by atoms with Crippen molar-refractivity contribution in [2.45, 2.75) is 24.9 Å². The first kappa shape index (κ1) is 15.1. The van der Waals surface area contributed by atoms with Crippen LogP contribution in [0.5, 0.6) is 0 Å². The standard InChI is InChI=1S/C9H13N2O8P/c12-5-3-8(11-2-1-7(13)10-9(11)14)19-6(5)4-18-20(15,16)17/h1-2,5-6,8,12H,3-4H2,(H,10,13,14)(H2,15,16,17)/t5?,6-,8-/m1/s1. The van der Waals surface area contributed by atoms with Crippen LogP contribution in [-0.2, 0) is 13.8 Å². The van der Waals surface area contributed by atoms with Crippen molar-refractivity contribution in [3.63, 3.8) is 0 Å². The molecule has 3 atom stereocenters. The zero-order valence-electron chi connectivity index (χ0n) is 10.1. The highest BCUT2D eigenvalue weighted by atomic mass is 31.2. The average molecular weight is 308 g/mol. The summed E-state index contributed by atoms with van der Waals surface area (Å²) in [5.74, 6) is 0. The predicted molar refractivity (Wildman–Crippen MR) is 63.9 cm³/mol. The third kappa shape index (κ3) is 3.63. The van der Waals surface area contributed by atoms with Crippen molar-refractivity contribution >= 4 is 7.82 Å². The van der Waals surface area contributed by atoms with Crippen LogP contribution in [0.2, 0.25) is 0 Å². The molecule has 1 aliphatic rings. The van der Waals surface area contributed by atoms with Crippen LogP contribution >= 0.6 is 7.82 Å². The van der Waals surface area contributed by atoms with Crippen LogP contribution in [-0.4, -0.2) is 43.3 Å². The van der Waals surface area contributed by atoms with Gasteiger partial charge in [0.05, 0.1) is 12.7 Å². The fourth-order valence-electron chi connectivity index (χ4n) is 1.86. The van der Waals surface area contributed by atoms with Crippen molar-refractivity contribution in [1.82, 2.24) is 9.55 Å². The molecule has 2 heterocycles. The molecule has 1 unspecified atom stereocenters. The molecule has 2 rings (SSSR count). The highest BCUT2D eigenvalue weighted by Crippen LogP contribution is 2.37. The van der Waals surface area contributed by atoms with Gasteiger partial charge in [-0.3, -0.25) is 18.9 Å². The van der Waals surface area contributed by atoms with Crippen LogP contribution in [0.25, 0.3) is 0 Å². The second-order valence-corrected chi connectivity index (χ2v) is 5.48. The van der Waals surface area contributed by atoms with Gasteiger partial charge in [-0.1, -0.05) is 0 Å². The molecule has 1 saturated heterocycles. The van der Waals surface area contributed by atoms with E-state index in [4.69, 9.17) is 14.5 Å². The van der Waals surface area contributed by atoms with E-state index in [2.05, 4.69) is 4.52 Å². The third-order valence-corrected chi connectivity index (χ3v) is 3.26.